The summed E-state index contributed by atoms with van der Waals surface area (Å²) in [6, 6.07) is 3.99. The predicted octanol–water partition coefficient (Wildman–Crippen LogP) is 2.51. The molecule has 0 aliphatic heterocycles. The Morgan fingerprint density at radius 3 is 2.94 bits per heavy atom. The first kappa shape index (κ1) is 14.5. The molecule has 3 nitrogen and oxygen atoms in total. The number of carbonyl (C=O) groups is 1. The van der Waals surface area contributed by atoms with Crippen molar-refractivity contribution in [1.29, 1.82) is 0 Å². The van der Waals surface area contributed by atoms with Crippen LogP contribution in [0.3, 0.4) is 0 Å². The molecular formula is C12H19NO2S2. The third kappa shape index (κ3) is 5.10. The maximum absolute atomic E-state index is 11.8. The minimum atomic E-state index is -0.290. The minimum absolute atomic E-state index is 0.0289. The Bertz CT molecular complexity index is 340. The van der Waals surface area contributed by atoms with Crippen LogP contribution in [0.2, 0.25) is 0 Å². The average Bonchev–Trinajstić information content (AvgIpc) is 2.79. The van der Waals surface area contributed by atoms with E-state index in [2.05, 4.69) is 5.32 Å². The van der Waals surface area contributed by atoms with Gasteiger partial charge in [-0.3, -0.25) is 4.79 Å². The van der Waals surface area contributed by atoms with Crippen molar-refractivity contribution in [2.75, 3.05) is 12.4 Å². The molecule has 1 heterocycles. The highest BCUT2D eigenvalue weighted by atomic mass is 32.2. The number of thiophene rings is 1. The van der Waals surface area contributed by atoms with Crippen molar-refractivity contribution in [3.63, 3.8) is 0 Å². The van der Waals surface area contributed by atoms with Crippen molar-refractivity contribution in [1.82, 2.24) is 5.32 Å². The molecule has 2 N–H and O–H groups in total. The van der Waals surface area contributed by atoms with Crippen molar-refractivity contribution < 1.29 is 9.90 Å². The molecule has 0 aliphatic carbocycles. The second-order valence-electron chi connectivity index (χ2n) is 4.16. The smallest absolute Gasteiger partial charge is 0.230 e. The summed E-state index contributed by atoms with van der Waals surface area (Å²) < 4.78 is 1.15. The number of aliphatic hydroxyl groups is 1. The van der Waals surface area contributed by atoms with Crippen molar-refractivity contribution in [2.24, 2.45) is 0 Å². The maximum atomic E-state index is 11.8. The summed E-state index contributed by atoms with van der Waals surface area (Å²) in [4.78, 5) is 11.8. The molecule has 0 spiro atoms. The molecule has 1 aromatic rings. The van der Waals surface area contributed by atoms with Crippen LogP contribution < -0.4 is 5.32 Å². The summed E-state index contributed by atoms with van der Waals surface area (Å²) in [5.74, 6) is 0.461. The first-order valence-electron chi connectivity index (χ1n) is 5.68. The summed E-state index contributed by atoms with van der Waals surface area (Å²) in [5, 5.41) is 14.0. The van der Waals surface area contributed by atoms with Gasteiger partial charge in [0.05, 0.1) is 9.96 Å². The summed E-state index contributed by atoms with van der Waals surface area (Å²) in [6.45, 7) is 4.09. The lowest BCUT2D eigenvalue weighted by Gasteiger charge is -2.28. The van der Waals surface area contributed by atoms with Gasteiger partial charge in [0, 0.05) is 12.1 Å². The standard InChI is InChI=1S/C12H19NO2S2/c1-3-12(2,6-7-14)13-10(15)9-17-11-5-4-8-16-11/h4-5,8,14H,3,6-7,9H2,1-2H3,(H,13,15). The van der Waals surface area contributed by atoms with E-state index in [0.29, 0.717) is 12.2 Å². The number of rotatable bonds is 7. The zero-order valence-electron chi connectivity index (χ0n) is 10.2. The Morgan fingerprint density at radius 2 is 2.41 bits per heavy atom. The largest absolute Gasteiger partial charge is 0.396 e. The van der Waals surface area contributed by atoms with Crippen LogP contribution in [0, 0.1) is 0 Å². The zero-order valence-corrected chi connectivity index (χ0v) is 11.9. The Labute approximate surface area is 111 Å². The van der Waals surface area contributed by atoms with Crippen LogP contribution in [0.25, 0.3) is 0 Å². The fourth-order valence-corrected chi connectivity index (χ4v) is 3.01. The molecule has 0 radical (unpaired) electrons. The highest BCUT2D eigenvalue weighted by molar-refractivity contribution is 8.01. The maximum Gasteiger partial charge on any atom is 0.230 e. The monoisotopic (exact) mass is 273 g/mol. The van der Waals surface area contributed by atoms with Gasteiger partial charge in [-0.15, -0.1) is 23.1 Å². The third-order valence-corrected chi connectivity index (χ3v) is 4.86. The van der Waals surface area contributed by atoms with Crippen LogP contribution in [0.1, 0.15) is 26.7 Å². The molecule has 96 valence electrons. The number of amides is 1. The molecule has 0 saturated carbocycles. The van der Waals surface area contributed by atoms with Gasteiger partial charge in [0.25, 0.3) is 0 Å². The number of aliphatic hydroxyl groups excluding tert-OH is 1. The zero-order chi connectivity index (χ0) is 12.7. The second-order valence-corrected chi connectivity index (χ2v) is 6.38. The lowest BCUT2D eigenvalue weighted by molar-refractivity contribution is -0.120. The molecule has 1 unspecified atom stereocenters. The van der Waals surface area contributed by atoms with Crippen LogP contribution >= 0.6 is 23.1 Å². The number of hydrogen-bond acceptors (Lipinski definition) is 4. The highest BCUT2D eigenvalue weighted by Gasteiger charge is 2.23. The Balaban J connectivity index is 2.37. The minimum Gasteiger partial charge on any atom is -0.396 e. The predicted molar refractivity (Wildman–Crippen MR) is 73.6 cm³/mol. The van der Waals surface area contributed by atoms with E-state index in [0.717, 1.165) is 10.6 Å². The lowest BCUT2D eigenvalue weighted by Crippen LogP contribution is -2.46. The third-order valence-electron chi connectivity index (χ3n) is 2.73. The van der Waals surface area contributed by atoms with Crippen molar-refractivity contribution >= 4 is 29.0 Å². The number of nitrogens with one attached hydrogen (secondary N) is 1. The summed E-state index contributed by atoms with van der Waals surface area (Å²) in [6.07, 6.45) is 1.42. The summed E-state index contributed by atoms with van der Waals surface area (Å²) in [7, 11) is 0. The number of hydrogen-bond donors (Lipinski definition) is 2. The van der Waals surface area contributed by atoms with E-state index in [1.165, 1.54) is 0 Å². The van der Waals surface area contributed by atoms with Crippen LogP contribution in [-0.4, -0.2) is 28.9 Å². The van der Waals surface area contributed by atoms with Gasteiger partial charge in [-0.25, -0.2) is 0 Å². The average molecular weight is 273 g/mol. The van der Waals surface area contributed by atoms with Crippen LogP contribution in [0.4, 0.5) is 0 Å². The van der Waals surface area contributed by atoms with E-state index < -0.39 is 0 Å². The van der Waals surface area contributed by atoms with Crippen molar-refractivity contribution in [3.05, 3.63) is 17.5 Å². The second kappa shape index (κ2) is 7.03. The molecule has 1 aromatic heterocycles. The van der Waals surface area contributed by atoms with Gasteiger partial charge in [0.15, 0.2) is 0 Å². The molecule has 0 aliphatic rings. The van der Waals surface area contributed by atoms with Gasteiger partial charge >= 0.3 is 0 Å². The van der Waals surface area contributed by atoms with Gasteiger partial charge in [-0.05, 0) is 31.2 Å². The summed E-state index contributed by atoms with van der Waals surface area (Å²) in [5.41, 5.74) is -0.290. The topological polar surface area (TPSA) is 49.3 Å². The molecule has 0 fully saturated rings. The number of carbonyl (C=O) groups excluding carboxylic acids is 1. The Hall–Kier alpha value is -0.520. The molecule has 1 amide bonds. The van der Waals surface area contributed by atoms with E-state index in [9.17, 15) is 4.79 Å². The molecule has 17 heavy (non-hydrogen) atoms. The quantitative estimate of drug-likeness (QED) is 0.751. The van der Waals surface area contributed by atoms with Crippen LogP contribution in [0.5, 0.6) is 0 Å². The van der Waals surface area contributed by atoms with Gasteiger partial charge in [0.1, 0.15) is 0 Å². The van der Waals surface area contributed by atoms with Crippen molar-refractivity contribution in [3.8, 4) is 0 Å². The molecular weight excluding hydrogens is 254 g/mol. The first-order valence-corrected chi connectivity index (χ1v) is 7.54. The van der Waals surface area contributed by atoms with E-state index in [4.69, 9.17) is 5.11 Å². The lowest BCUT2D eigenvalue weighted by atomic mass is 9.95. The molecule has 1 atom stereocenters. The van der Waals surface area contributed by atoms with Gasteiger partial charge < -0.3 is 10.4 Å². The van der Waals surface area contributed by atoms with Crippen molar-refractivity contribution in [2.45, 2.75) is 36.4 Å². The molecule has 0 aromatic carbocycles. The van der Waals surface area contributed by atoms with E-state index >= 15 is 0 Å². The molecule has 5 heteroatoms. The van der Waals surface area contributed by atoms with E-state index in [1.807, 2.05) is 31.4 Å². The number of thioether (sulfide) groups is 1. The van der Waals surface area contributed by atoms with Gasteiger partial charge in [-0.2, -0.15) is 0 Å². The fourth-order valence-electron chi connectivity index (χ4n) is 1.43. The Morgan fingerprint density at radius 1 is 1.65 bits per heavy atom. The normalized spacial score (nSPS) is 14.3. The van der Waals surface area contributed by atoms with E-state index in [1.54, 1.807) is 23.1 Å². The first-order chi connectivity index (χ1) is 8.09. The Kier molecular flexibility index (Phi) is 6.02. The van der Waals surface area contributed by atoms with E-state index in [-0.39, 0.29) is 18.1 Å². The molecule has 0 bridgehead atoms. The highest BCUT2D eigenvalue weighted by Crippen LogP contribution is 2.23. The molecule has 1 rings (SSSR count). The summed E-state index contributed by atoms with van der Waals surface area (Å²) >= 11 is 3.19. The van der Waals surface area contributed by atoms with Crippen LogP contribution in [-0.2, 0) is 4.79 Å². The SMILES string of the molecule is CCC(C)(CCO)NC(=O)CSc1cccs1. The van der Waals surface area contributed by atoms with Gasteiger partial charge in [0.2, 0.25) is 5.91 Å². The van der Waals surface area contributed by atoms with Gasteiger partial charge in [-0.1, -0.05) is 13.0 Å². The van der Waals surface area contributed by atoms with Crippen LogP contribution in [0.15, 0.2) is 21.7 Å². The molecule has 0 saturated heterocycles. The fraction of sp³-hybridized carbons (Fsp3) is 0.583.